The molecule has 1 aliphatic carbocycles. The lowest BCUT2D eigenvalue weighted by Gasteiger charge is -2.15. The van der Waals surface area contributed by atoms with E-state index in [9.17, 15) is 4.79 Å². The molecule has 1 aromatic carbocycles. The first-order valence-electron chi connectivity index (χ1n) is 5.47. The average Bonchev–Trinajstić information content (AvgIpc) is 3.09. The second-order valence-electron chi connectivity index (χ2n) is 4.35. The van der Waals surface area contributed by atoms with Gasteiger partial charge in [0.1, 0.15) is 5.75 Å². The summed E-state index contributed by atoms with van der Waals surface area (Å²) in [6.07, 6.45) is 1.62. The van der Waals surface area contributed by atoms with E-state index in [1.165, 1.54) is 0 Å². The maximum Gasteiger partial charge on any atom is 0.253 e. The molecule has 1 saturated carbocycles. The van der Waals surface area contributed by atoms with Gasteiger partial charge in [-0.2, -0.15) is 0 Å². The molecule has 0 heterocycles. The van der Waals surface area contributed by atoms with Crippen molar-refractivity contribution in [2.75, 3.05) is 19.5 Å². The van der Waals surface area contributed by atoms with Crippen molar-refractivity contribution >= 4 is 11.6 Å². The number of carbonyl (C=O) groups excluding carboxylic acids is 1. The molecule has 1 amide bonds. The van der Waals surface area contributed by atoms with E-state index in [0.717, 1.165) is 12.8 Å². The molecule has 0 unspecified atom stereocenters. The van der Waals surface area contributed by atoms with Crippen LogP contribution in [0.5, 0.6) is 5.75 Å². The summed E-state index contributed by atoms with van der Waals surface area (Å²) in [5, 5.41) is 11.9. The number of nitrogen functional groups attached to an aromatic ring is 1. The van der Waals surface area contributed by atoms with E-state index >= 15 is 0 Å². The number of nitrogens with one attached hydrogen (secondary N) is 1. The minimum absolute atomic E-state index is 0.0329. The van der Waals surface area contributed by atoms with Gasteiger partial charge in [0.2, 0.25) is 0 Å². The third kappa shape index (κ3) is 2.34. The van der Waals surface area contributed by atoms with Gasteiger partial charge in [-0.25, -0.2) is 0 Å². The number of carbonyl (C=O) groups is 1. The zero-order chi connectivity index (χ0) is 12.5. The van der Waals surface area contributed by atoms with E-state index in [0.29, 0.717) is 17.0 Å². The molecule has 1 aliphatic rings. The third-order valence-corrected chi connectivity index (χ3v) is 3.04. The van der Waals surface area contributed by atoms with Gasteiger partial charge in [-0.1, -0.05) is 0 Å². The van der Waals surface area contributed by atoms with Gasteiger partial charge in [0, 0.05) is 11.8 Å². The number of methoxy groups -OCH3 is 1. The van der Waals surface area contributed by atoms with E-state index in [2.05, 4.69) is 5.32 Å². The monoisotopic (exact) mass is 236 g/mol. The van der Waals surface area contributed by atoms with Gasteiger partial charge in [-0.05, 0) is 25.0 Å². The predicted molar refractivity (Wildman–Crippen MR) is 63.9 cm³/mol. The Morgan fingerprint density at radius 3 is 2.76 bits per heavy atom. The van der Waals surface area contributed by atoms with Crippen molar-refractivity contribution in [3.63, 3.8) is 0 Å². The molecule has 5 heteroatoms. The van der Waals surface area contributed by atoms with Crippen molar-refractivity contribution in [3.05, 3.63) is 23.8 Å². The first-order chi connectivity index (χ1) is 8.10. The van der Waals surface area contributed by atoms with Crippen molar-refractivity contribution in [3.8, 4) is 5.75 Å². The number of benzene rings is 1. The molecule has 0 aliphatic heterocycles. The van der Waals surface area contributed by atoms with Crippen LogP contribution in [-0.2, 0) is 0 Å². The van der Waals surface area contributed by atoms with Crippen LogP contribution < -0.4 is 15.8 Å². The average molecular weight is 236 g/mol. The highest BCUT2D eigenvalue weighted by atomic mass is 16.5. The lowest BCUT2D eigenvalue weighted by molar-refractivity contribution is 0.0907. The van der Waals surface area contributed by atoms with Gasteiger partial charge in [0.05, 0.1) is 24.8 Å². The summed E-state index contributed by atoms with van der Waals surface area (Å²) in [7, 11) is 1.54. The summed E-state index contributed by atoms with van der Waals surface area (Å²) >= 11 is 0. The summed E-state index contributed by atoms with van der Waals surface area (Å²) in [6.45, 7) is -0.0329. The minimum Gasteiger partial charge on any atom is -0.497 e. The van der Waals surface area contributed by atoms with Crippen LogP contribution in [0.3, 0.4) is 0 Å². The van der Waals surface area contributed by atoms with Gasteiger partial charge >= 0.3 is 0 Å². The number of rotatable bonds is 4. The Hall–Kier alpha value is -1.75. The van der Waals surface area contributed by atoms with Gasteiger partial charge in [-0.15, -0.1) is 0 Å². The molecular weight excluding hydrogens is 220 g/mol. The van der Waals surface area contributed by atoms with E-state index in [1.54, 1.807) is 25.3 Å². The predicted octanol–water partition coefficient (Wildman–Crippen LogP) is 0.532. The fourth-order valence-electron chi connectivity index (χ4n) is 1.66. The molecule has 0 bridgehead atoms. The lowest BCUT2D eigenvalue weighted by Crippen LogP contribution is -2.39. The summed E-state index contributed by atoms with van der Waals surface area (Å²) in [5.41, 5.74) is 6.13. The number of hydrogen-bond acceptors (Lipinski definition) is 4. The maximum absolute atomic E-state index is 11.9. The van der Waals surface area contributed by atoms with Crippen LogP contribution >= 0.6 is 0 Å². The zero-order valence-electron chi connectivity index (χ0n) is 9.69. The Morgan fingerprint density at radius 2 is 2.29 bits per heavy atom. The van der Waals surface area contributed by atoms with E-state index in [-0.39, 0.29) is 12.5 Å². The van der Waals surface area contributed by atoms with Crippen molar-refractivity contribution in [2.24, 2.45) is 0 Å². The maximum atomic E-state index is 11.9. The van der Waals surface area contributed by atoms with Gasteiger partial charge in [0.25, 0.3) is 5.91 Å². The lowest BCUT2D eigenvalue weighted by atomic mass is 10.1. The summed E-state index contributed by atoms with van der Waals surface area (Å²) in [4.78, 5) is 11.9. The fourth-order valence-corrected chi connectivity index (χ4v) is 1.66. The Balaban J connectivity index is 2.14. The molecule has 4 N–H and O–H groups in total. The SMILES string of the molecule is COc1ccc(C(=O)NC2(CO)CC2)c(N)c1. The van der Waals surface area contributed by atoms with Crippen molar-refractivity contribution in [2.45, 2.75) is 18.4 Å². The van der Waals surface area contributed by atoms with Crippen molar-refractivity contribution < 1.29 is 14.6 Å². The molecule has 0 spiro atoms. The van der Waals surface area contributed by atoms with Gasteiger partial charge < -0.3 is 20.9 Å². The van der Waals surface area contributed by atoms with Crippen LogP contribution in [0.1, 0.15) is 23.2 Å². The summed E-state index contributed by atoms with van der Waals surface area (Å²) < 4.78 is 5.01. The topological polar surface area (TPSA) is 84.6 Å². The molecule has 92 valence electrons. The number of anilines is 1. The quantitative estimate of drug-likeness (QED) is 0.666. The number of nitrogens with two attached hydrogens (primary N) is 1. The van der Waals surface area contributed by atoms with Crippen LogP contribution in [0.15, 0.2) is 18.2 Å². The largest absolute Gasteiger partial charge is 0.497 e. The highest BCUT2D eigenvalue weighted by molar-refractivity contribution is 6.00. The molecule has 0 saturated heterocycles. The summed E-state index contributed by atoms with van der Waals surface area (Å²) in [5.74, 6) is 0.360. The molecule has 0 aromatic heterocycles. The minimum atomic E-state index is -0.427. The smallest absolute Gasteiger partial charge is 0.253 e. The molecule has 1 aromatic rings. The first-order valence-corrected chi connectivity index (χ1v) is 5.47. The van der Waals surface area contributed by atoms with Crippen LogP contribution in [0.25, 0.3) is 0 Å². The van der Waals surface area contributed by atoms with Crippen molar-refractivity contribution in [1.82, 2.24) is 5.32 Å². The Labute approximate surface area is 99.6 Å². The summed E-state index contributed by atoms with van der Waals surface area (Å²) in [6, 6.07) is 4.91. The zero-order valence-corrected chi connectivity index (χ0v) is 9.69. The van der Waals surface area contributed by atoms with Gasteiger partial charge in [0.15, 0.2) is 0 Å². The van der Waals surface area contributed by atoms with Crippen LogP contribution in [0.4, 0.5) is 5.69 Å². The highest BCUT2D eigenvalue weighted by Gasteiger charge is 2.43. The van der Waals surface area contributed by atoms with Crippen molar-refractivity contribution in [1.29, 1.82) is 0 Å². The molecule has 1 fully saturated rings. The second kappa shape index (κ2) is 4.25. The fraction of sp³-hybridized carbons (Fsp3) is 0.417. The third-order valence-electron chi connectivity index (χ3n) is 3.04. The van der Waals surface area contributed by atoms with Gasteiger partial charge in [-0.3, -0.25) is 4.79 Å². The van der Waals surface area contributed by atoms with E-state index in [4.69, 9.17) is 15.6 Å². The molecule has 17 heavy (non-hydrogen) atoms. The molecular formula is C12H16N2O3. The molecule has 5 nitrogen and oxygen atoms in total. The number of aliphatic hydroxyl groups excluding tert-OH is 1. The molecule has 2 rings (SSSR count). The standard InChI is InChI=1S/C12H16N2O3/c1-17-8-2-3-9(10(13)6-8)11(16)14-12(7-15)4-5-12/h2-3,6,15H,4-5,7,13H2,1H3,(H,14,16). The second-order valence-corrected chi connectivity index (χ2v) is 4.35. The van der Waals surface area contributed by atoms with Crippen LogP contribution in [0, 0.1) is 0 Å². The molecule has 0 atom stereocenters. The number of aliphatic hydroxyl groups is 1. The number of hydrogen-bond donors (Lipinski definition) is 3. The normalized spacial score (nSPS) is 16.4. The first kappa shape index (κ1) is 11.7. The molecule has 0 radical (unpaired) electrons. The Bertz CT molecular complexity index is 441. The Morgan fingerprint density at radius 1 is 1.59 bits per heavy atom. The van der Waals surface area contributed by atoms with E-state index in [1.807, 2.05) is 0 Å². The van der Waals surface area contributed by atoms with Crippen LogP contribution in [-0.4, -0.2) is 30.3 Å². The Kier molecular flexibility index (Phi) is 2.93. The number of amides is 1. The number of ether oxygens (including phenoxy) is 1. The van der Waals surface area contributed by atoms with E-state index < -0.39 is 5.54 Å². The highest BCUT2D eigenvalue weighted by Crippen LogP contribution is 2.35. The van der Waals surface area contributed by atoms with Crippen LogP contribution in [0.2, 0.25) is 0 Å².